The van der Waals surface area contributed by atoms with Crippen LogP contribution in [0.2, 0.25) is 0 Å². The topological polar surface area (TPSA) is 120 Å². The van der Waals surface area contributed by atoms with Crippen LogP contribution in [-0.2, 0) is 16.6 Å². The van der Waals surface area contributed by atoms with E-state index >= 15 is 0 Å². The summed E-state index contributed by atoms with van der Waals surface area (Å²) in [6.45, 7) is 2.31. The molecular formula is C17H16N8O2S. The summed E-state index contributed by atoms with van der Waals surface area (Å²) in [5.41, 5.74) is 2.44. The number of nitrogens with one attached hydrogen (secondary N) is 1. The molecule has 0 unspecified atom stereocenters. The van der Waals surface area contributed by atoms with Crippen molar-refractivity contribution in [3.8, 4) is 5.69 Å². The van der Waals surface area contributed by atoms with Gasteiger partial charge in [0.2, 0.25) is 0 Å². The number of aromatic nitrogens is 7. The third-order valence-electron chi connectivity index (χ3n) is 4.05. The fourth-order valence-corrected chi connectivity index (χ4v) is 3.78. The predicted molar refractivity (Wildman–Crippen MR) is 100 cm³/mol. The largest absolute Gasteiger partial charge is 0.266 e. The highest BCUT2D eigenvalue weighted by Crippen LogP contribution is 2.20. The van der Waals surface area contributed by atoms with Crippen molar-refractivity contribution in [2.45, 2.75) is 18.4 Å². The van der Waals surface area contributed by atoms with Crippen LogP contribution in [0.1, 0.15) is 11.1 Å². The molecule has 28 heavy (non-hydrogen) atoms. The van der Waals surface area contributed by atoms with Gasteiger partial charge in [-0.15, -0.1) is 5.10 Å². The van der Waals surface area contributed by atoms with Crippen LogP contribution in [0.4, 0.5) is 5.82 Å². The normalized spacial score (nSPS) is 11.5. The Morgan fingerprint density at radius 3 is 2.64 bits per heavy atom. The number of sulfonamides is 1. The van der Waals surface area contributed by atoms with Crippen LogP contribution in [-0.4, -0.2) is 43.4 Å². The van der Waals surface area contributed by atoms with Crippen molar-refractivity contribution in [2.75, 3.05) is 4.72 Å². The van der Waals surface area contributed by atoms with Crippen molar-refractivity contribution < 1.29 is 8.42 Å². The molecule has 0 saturated carbocycles. The smallest absolute Gasteiger partial charge is 0.263 e. The quantitative estimate of drug-likeness (QED) is 0.523. The van der Waals surface area contributed by atoms with Crippen LogP contribution in [0.3, 0.4) is 0 Å². The molecule has 4 aromatic rings. The van der Waals surface area contributed by atoms with Gasteiger partial charge in [0.1, 0.15) is 6.33 Å². The van der Waals surface area contributed by atoms with Crippen molar-refractivity contribution in [1.29, 1.82) is 0 Å². The second kappa shape index (κ2) is 7.19. The summed E-state index contributed by atoms with van der Waals surface area (Å²) in [5.74, 6) is 0.247. The maximum atomic E-state index is 12.7. The van der Waals surface area contributed by atoms with Gasteiger partial charge in [0, 0.05) is 24.7 Å². The van der Waals surface area contributed by atoms with E-state index in [1.807, 2.05) is 12.1 Å². The minimum Gasteiger partial charge on any atom is -0.266 e. The number of anilines is 1. The van der Waals surface area contributed by atoms with E-state index in [4.69, 9.17) is 0 Å². The summed E-state index contributed by atoms with van der Waals surface area (Å²) >= 11 is 0. The minimum atomic E-state index is -3.78. The number of nitrogens with zero attached hydrogens (tertiary/aromatic N) is 7. The average molecular weight is 396 g/mol. The van der Waals surface area contributed by atoms with Gasteiger partial charge in [-0.3, -0.25) is 14.4 Å². The molecule has 0 spiro atoms. The van der Waals surface area contributed by atoms with E-state index < -0.39 is 10.0 Å². The van der Waals surface area contributed by atoms with E-state index in [1.54, 1.807) is 48.4 Å². The lowest BCUT2D eigenvalue weighted by molar-refractivity contribution is 0.600. The first kappa shape index (κ1) is 17.8. The van der Waals surface area contributed by atoms with Crippen molar-refractivity contribution in [3.63, 3.8) is 0 Å². The molecule has 3 heterocycles. The lowest BCUT2D eigenvalue weighted by Gasteiger charge is -2.09. The summed E-state index contributed by atoms with van der Waals surface area (Å²) < 4.78 is 31.0. The molecule has 0 atom stereocenters. The van der Waals surface area contributed by atoms with Crippen LogP contribution in [0, 0.1) is 6.92 Å². The molecule has 0 aliphatic carbocycles. The Morgan fingerprint density at radius 2 is 1.93 bits per heavy atom. The molecule has 4 rings (SSSR count). The first-order valence-corrected chi connectivity index (χ1v) is 9.79. The molecule has 1 N–H and O–H groups in total. The Bertz CT molecular complexity index is 1190. The summed E-state index contributed by atoms with van der Waals surface area (Å²) in [6, 6.07) is 10.1. The molecule has 0 saturated heterocycles. The maximum Gasteiger partial charge on any atom is 0.263 e. The summed E-state index contributed by atoms with van der Waals surface area (Å²) in [4.78, 5) is 4.10. The summed E-state index contributed by atoms with van der Waals surface area (Å²) in [7, 11) is -3.78. The monoisotopic (exact) mass is 396 g/mol. The van der Waals surface area contributed by atoms with Crippen LogP contribution in [0.25, 0.3) is 5.69 Å². The molecule has 1 aromatic carbocycles. The van der Waals surface area contributed by atoms with Gasteiger partial charge in [0.15, 0.2) is 5.82 Å². The Labute approximate surface area is 160 Å². The molecule has 10 nitrogen and oxygen atoms in total. The Balaban J connectivity index is 1.52. The van der Waals surface area contributed by atoms with Gasteiger partial charge in [-0.25, -0.2) is 13.1 Å². The first-order chi connectivity index (χ1) is 13.5. The van der Waals surface area contributed by atoms with Gasteiger partial charge in [-0.2, -0.15) is 5.10 Å². The number of aryl methyl sites for hydroxylation is 1. The van der Waals surface area contributed by atoms with Gasteiger partial charge >= 0.3 is 0 Å². The number of pyridine rings is 1. The minimum absolute atomic E-state index is 0.130. The zero-order valence-electron chi connectivity index (χ0n) is 14.8. The lowest BCUT2D eigenvalue weighted by Crippen LogP contribution is -2.14. The molecule has 142 valence electrons. The predicted octanol–water partition coefficient (Wildman–Crippen LogP) is 1.41. The molecule has 3 aromatic heterocycles. The van der Waals surface area contributed by atoms with Crippen molar-refractivity contribution in [2.24, 2.45) is 0 Å². The molecule has 0 aliphatic heterocycles. The highest BCUT2D eigenvalue weighted by atomic mass is 32.2. The SMILES string of the molecule is Cc1cc(S(=O)(=O)Nc2ccn(Cc3ccncc3)n2)ccc1-n1cnnn1. The highest BCUT2D eigenvalue weighted by molar-refractivity contribution is 7.92. The number of hydrogen-bond acceptors (Lipinski definition) is 7. The molecule has 0 radical (unpaired) electrons. The van der Waals surface area contributed by atoms with Crippen molar-refractivity contribution in [1.82, 2.24) is 35.0 Å². The Morgan fingerprint density at radius 1 is 1.11 bits per heavy atom. The fraction of sp³-hybridized carbons (Fsp3) is 0.118. The van der Waals surface area contributed by atoms with Gasteiger partial charge in [-0.05, 0) is 58.8 Å². The van der Waals surface area contributed by atoms with Crippen molar-refractivity contribution in [3.05, 3.63) is 72.4 Å². The lowest BCUT2D eigenvalue weighted by atomic mass is 10.2. The van der Waals surface area contributed by atoms with Crippen LogP contribution in [0.5, 0.6) is 0 Å². The summed E-state index contributed by atoms with van der Waals surface area (Å²) in [6.07, 6.45) is 6.56. The average Bonchev–Trinajstić information content (AvgIpc) is 3.34. The summed E-state index contributed by atoms with van der Waals surface area (Å²) in [5, 5.41) is 15.3. The second-order valence-electron chi connectivity index (χ2n) is 6.06. The van der Waals surface area contributed by atoms with E-state index in [0.29, 0.717) is 12.2 Å². The molecule has 11 heteroatoms. The fourth-order valence-electron chi connectivity index (χ4n) is 2.70. The highest BCUT2D eigenvalue weighted by Gasteiger charge is 2.17. The zero-order valence-corrected chi connectivity index (χ0v) is 15.7. The Hall–Kier alpha value is -3.60. The van der Waals surface area contributed by atoms with E-state index in [-0.39, 0.29) is 10.7 Å². The molecule has 0 fully saturated rings. The number of benzene rings is 1. The van der Waals surface area contributed by atoms with Gasteiger partial charge < -0.3 is 0 Å². The molecule has 0 aliphatic rings. The van der Waals surface area contributed by atoms with E-state index in [9.17, 15) is 8.42 Å². The number of tetrazole rings is 1. The van der Waals surface area contributed by atoms with Gasteiger partial charge in [-0.1, -0.05) is 0 Å². The van der Waals surface area contributed by atoms with Crippen molar-refractivity contribution >= 4 is 15.8 Å². The number of rotatable bonds is 6. The second-order valence-corrected chi connectivity index (χ2v) is 7.74. The first-order valence-electron chi connectivity index (χ1n) is 8.30. The van der Waals surface area contributed by atoms with E-state index in [1.165, 1.54) is 17.1 Å². The standard InChI is InChI=1S/C17H16N8O2S/c1-13-10-15(2-3-16(13)25-12-19-22-23-25)28(26,27)21-17-6-9-24(20-17)11-14-4-7-18-8-5-14/h2-10,12H,11H2,1H3,(H,20,21). The van der Waals surface area contributed by atoms with Crippen LogP contribution >= 0.6 is 0 Å². The third kappa shape index (κ3) is 3.74. The van der Waals surface area contributed by atoms with Crippen LogP contribution < -0.4 is 4.72 Å². The zero-order chi connectivity index (χ0) is 19.6. The van der Waals surface area contributed by atoms with Crippen LogP contribution in [0.15, 0.2) is 66.2 Å². The molecule has 0 amide bonds. The Kier molecular flexibility index (Phi) is 4.57. The van der Waals surface area contributed by atoms with Gasteiger partial charge in [0.05, 0.1) is 17.1 Å². The number of hydrogen-bond donors (Lipinski definition) is 1. The van der Waals surface area contributed by atoms with E-state index in [2.05, 4.69) is 30.3 Å². The van der Waals surface area contributed by atoms with E-state index in [0.717, 1.165) is 11.1 Å². The van der Waals surface area contributed by atoms with Gasteiger partial charge in [0.25, 0.3) is 10.0 Å². The maximum absolute atomic E-state index is 12.7. The third-order valence-corrected chi connectivity index (χ3v) is 5.40. The molecular weight excluding hydrogens is 380 g/mol. The molecule has 0 bridgehead atoms.